The number of alkyl halides is 3. The van der Waals surface area contributed by atoms with Gasteiger partial charge in [0.05, 0.1) is 15.7 Å². The number of hydrogen-bond acceptors (Lipinski definition) is 2. The molecular weight excluding hydrogens is 334 g/mol. The van der Waals surface area contributed by atoms with Crippen molar-refractivity contribution in [2.75, 3.05) is 0 Å². The van der Waals surface area contributed by atoms with E-state index in [1.807, 2.05) is 0 Å². The first kappa shape index (κ1) is 15.3. The van der Waals surface area contributed by atoms with Crippen molar-refractivity contribution in [1.29, 1.82) is 0 Å². The highest BCUT2D eigenvalue weighted by molar-refractivity contribution is 8.00. The minimum Gasteiger partial charge on any atom is -0.283 e. The van der Waals surface area contributed by atoms with Gasteiger partial charge in [0.15, 0.2) is 0 Å². The SMILES string of the molecule is O=c1ccc(SC(F)(F)F)cn1-c1ccc(Cl)c(Cl)c1. The molecule has 0 N–H and O–H groups in total. The molecule has 2 rings (SSSR count). The Morgan fingerprint density at radius 1 is 1.05 bits per heavy atom. The van der Waals surface area contributed by atoms with Crippen LogP contribution in [0.5, 0.6) is 0 Å². The predicted octanol–water partition coefficient (Wildman–Crippen LogP) is 4.76. The van der Waals surface area contributed by atoms with Gasteiger partial charge in [-0.2, -0.15) is 13.2 Å². The third-order valence-electron chi connectivity index (χ3n) is 2.30. The smallest absolute Gasteiger partial charge is 0.283 e. The topological polar surface area (TPSA) is 22.0 Å². The van der Waals surface area contributed by atoms with Gasteiger partial charge in [-0.1, -0.05) is 23.2 Å². The largest absolute Gasteiger partial charge is 0.446 e. The first-order valence-corrected chi connectivity index (χ1v) is 6.77. The van der Waals surface area contributed by atoms with E-state index in [-0.39, 0.29) is 21.7 Å². The van der Waals surface area contributed by atoms with Crippen LogP contribution >= 0.6 is 35.0 Å². The fraction of sp³-hybridized carbons (Fsp3) is 0.0833. The third kappa shape index (κ3) is 3.71. The molecule has 0 amide bonds. The van der Waals surface area contributed by atoms with E-state index in [0.717, 1.165) is 22.9 Å². The lowest BCUT2D eigenvalue weighted by Gasteiger charge is -2.10. The van der Waals surface area contributed by atoms with Crippen LogP contribution in [0.4, 0.5) is 13.2 Å². The van der Waals surface area contributed by atoms with Crippen LogP contribution in [-0.4, -0.2) is 10.1 Å². The van der Waals surface area contributed by atoms with Gasteiger partial charge in [0.1, 0.15) is 0 Å². The van der Waals surface area contributed by atoms with Gasteiger partial charge >= 0.3 is 5.51 Å². The van der Waals surface area contributed by atoms with Gasteiger partial charge in [0.2, 0.25) is 0 Å². The summed E-state index contributed by atoms with van der Waals surface area (Å²) in [6.07, 6.45) is 1.11. The van der Waals surface area contributed by atoms with Crippen LogP contribution in [0.3, 0.4) is 0 Å². The van der Waals surface area contributed by atoms with E-state index < -0.39 is 11.1 Å². The highest BCUT2D eigenvalue weighted by Crippen LogP contribution is 2.36. The molecule has 2 nitrogen and oxygen atoms in total. The molecule has 0 aliphatic heterocycles. The zero-order valence-corrected chi connectivity index (χ0v) is 11.9. The molecule has 0 saturated carbocycles. The van der Waals surface area contributed by atoms with Crippen LogP contribution in [0.1, 0.15) is 0 Å². The fourth-order valence-corrected chi connectivity index (χ4v) is 2.35. The van der Waals surface area contributed by atoms with Gasteiger partial charge in [0.25, 0.3) is 5.56 Å². The summed E-state index contributed by atoms with van der Waals surface area (Å²) in [4.78, 5) is 11.6. The van der Waals surface area contributed by atoms with E-state index in [9.17, 15) is 18.0 Å². The Labute approximate surface area is 126 Å². The second kappa shape index (κ2) is 5.71. The molecule has 2 aromatic rings. The number of aromatic nitrogens is 1. The van der Waals surface area contributed by atoms with Gasteiger partial charge in [-0.05, 0) is 36.0 Å². The maximum absolute atomic E-state index is 12.3. The molecule has 0 fully saturated rings. The zero-order chi connectivity index (χ0) is 14.9. The van der Waals surface area contributed by atoms with E-state index in [1.54, 1.807) is 0 Å². The number of hydrogen-bond donors (Lipinski definition) is 0. The summed E-state index contributed by atoms with van der Waals surface area (Å²) >= 11 is 11.3. The van der Waals surface area contributed by atoms with E-state index in [2.05, 4.69) is 0 Å². The molecule has 1 aromatic carbocycles. The van der Waals surface area contributed by atoms with Gasteiger partial charge in [0, 0.05) is 17.2 Å². The maximum atomic E-state index is 12.3. The molecule has 20 heavy (non-hydrogen) atoms. The minimum absolute atomic E-state index is 0.0943. The van der Waals surface area contributed by atoms with Crippen LogP contribution in [0.15, 0.2) is 46.2 Å². The first-order chi connectivity index (χ1) is 9.26. The summed E-state index contributed by atoms with van der Waals surface area (Å²) in [6, 6.07) is 6.56. The molecule has 0 radical (unpaired) electrons. The molecule has 0 saturated heterocycles. The molecule has 1 heterocycles. The van der Waals surface area contributed by atoms with Gasteiger partial charge < -0.3 is 0 Å². The molecule has 0 atom stereocenters. The van der Waals surface area contributed by atoms with E-state index in [1.165, 1.54) is 18.2 Å². The normalized spacial score (nSPS) is 11.7. The predicted molar refractivity (Wildman–Crippen MR) is 74.0 cm³/mol. The number of rotatable bonds is 2. The molecule has 8 heteroatoms. The Bertz CT molecular complexity index is 700. The summed E-state index contributed by atoms with van der Waals surface area (Å²) in [6.45, 7) is 0. The summed E-state index contributed by atoms with van der Waals surface area (Å²) in [5.41, 5.74) is -4.54. The molecular formula is C12H6Cl2F3NOS. The Hall–Kier alpha value is -1.11. The van der Waals surface area contributed by atoms with Crippen LogP contribution in [0.2, 0.25) is 10.0 Å². The average Bonchev–Trinajstić information content (AvgIpc) is 2.33. The highest BCUT2D eigenvalue weighted by atomic mass is 35.5. The first-order valence-electron chi connectivity index (χ1n) is 5.20. The minimum atomic E-state index is -4.42. The van der Waals surface area contributed by atoms with Crippen molar-refractivity contribution in [1.82, 2.24) is 4.57 Å². The van der Waals surface area contributed by atoms with Crippen LogP contribution in [0, 0.1) is 0 Å². The molecule has 0 aliphatic rings. The van der Waals surface area contributed by atoms with Crippen molar-refractivity contribution in [2.45, 2.75) is 10.4 Å². The van der Waals surface area contributed by atoms with E-state index >= 15 is 0 Å². The lowest BCUT2D eigenvalue weighted by atomic mass is 10.3. The van der Waals surface area contributed by atoms with Crippen molar-refractivity contribution in [3.8, 4) is 5.69 Å². The van der Waals surface area contributed by atoms with Crippen molar-refractivity contribution in [3.63, 3.8) is 0 Å². The van der Waals surface area contributed by atoms with Crippen molar-refractivity contribution < 1.29 is 13.2 Å². The molecule has 0 aliphatic carbocycles. The monoisotopic (exact) mass is 339 g/mol. The summed E-state index contributed by atoms with van der Waals surface area (Å²) in [5.74, 6) is 0. The van der Waals surface area contributed by atoms with Crippen molar-refractivity contribution >= 4 is 35.0 Å². The lowest BCUT2D eigenvalue weighted by molar-refractivity contribution is -0.0328. The Kier molecular flexibility index (Phi) is 4.36. The molecule has 106 valence electrons. The van der Waals surface area contributed by atoms with Crippen molar-refractivity contribution in [3.05, 3.63) is 56.9 Å². The maximum Gasteiger partial charge on any atom is 0.446 e. The quantitative estimate of drug-likeness (QED) is 0.736. The van der Waals surface area contributed by atoms with Crippen LogP contribution in [0.25, 0.3) is 5.69 Å². The third-order valence-corrected chi connectivity index (χ3v) is 3.75. The lowest BCUT2D eigenvalue weighted by Crippen LogP contribution is -2.16. The number of thioether (sulfide) groups is 1. The average molecular weight is 340 g/mol. The van der Waals surface area contributed by atoms with Gasteiger partial charge in [-0.15, -0.1) is 0 Å². The zero-order valence-electron chi connectivity index (χ0n) is 9.62. The second-order valence-corrected chi connectivity index (χ2v) is 5.67. The summed E-state index contributed by atoms with van der Waals surface area (Å²) in [5, 5.41) is 0.509. The Balaban J connectivity index is 2.47. The molecule has 0 spiro atoms. The number of nitrogens with zero attached hydrogens (tertiary/aromatic N) is 1. The van der Waals surface area contributed by atoms with Crippen LogP contribution < -0.4 is 5.56 Å². The van der Waals surface area contributed by atoms with Gasteiger partial charge in [-0.25, -0.2) is 0 Å². The number of benzene rings is 1. The van der Waals surface area contributed by atoms with E-state index in [0.29, 0.717) is 10.7 Å². The summed E-state index contributed by atoms with van der Waals surface area (Å²) < 4.78 is 38.1. The van der Waals surface area contributed by atoms with Gasteiger partial charge in [-0.3, -0.25) is 9.36 Å². The van der Waals surface area contributed by atoms with Crippen LogP contribution in [-0.2, 0) is 0 Å². The Morgan fingerprint density at radius 3 is 2.35 bits per heavy atom. The van der Waals surface area contributed by atoms with Crippen molar-refractivity contribution in [2.24, 2.45) is 0 Å². The standard InChI is InChI=1S/C12H6Cl2F3NOS/c13-9-3-1-7(5-10(9)14)18-6-8(2-4-11(18)19)20-12(15,16)17/h1-6H. The molecule has 0 bridgehead atoms. The highest BCUT2D eigenvalue weighted by Gasteiger charge is 2.29. The fourth-order valence-electron chi connectivity index (χ4n) is 1.50. The number of pyridine rings is 1. The second-order valence-electron chi connectivity index (χ2n) is 3.72. The molecule has 0 unspecified atom stereocenters. The number of halogens is 5. The molecule has 1 aromatic heterocycles. The van der Waals surface area contributed by atoms with E-state index in [4.69, 9.17) is 23.2 Å². The Morgan fingerprint density at radius 2 is 1.75 bits per heavy atom. The summed E-state index contributed by atoms with van der Waals surface area (Å²) in [7, 11) is 0.